The van der Waals surface area contributed by atoms with Gasteiger partial charge in [-0.3, -0.25) is 14.4 Å². The Labute approximate surface area is 169 Å². The number of nitrogens with zero attached hydrogens (tertiary/aromatic N) is 1. The number of carbonyl (C=O) groups is 4. The number of ether oxygens (including phenoxy) is 1. The van der Waals surface area contributed by atoms with Crippen molar-refractivity contribution in [1.29, 1.82) is 5.53 Å². The Morgan fingerprint density at radius 3 is 2.52 bits per heavy atom. The number of carbonyl (C=O) groups excluding carboxylic acids is 4. The van der Waals surface area contributed by atoms with Crippen molar-refractivity contribution in [2.45, 2.75) is 52.5 Å². The molecular weight excluding hydrogens is 374 g/mol. The number of cyclic esters (lactones) is 1. The molecule has 156 valence electrons. The number of nitrogens with one attached hydrogen (secondary N) is 2. The summed E-state index contributed by atoms with van der Waals surface area (Å²) >= 11 is 0. The Morgan fingerprint density at radius 2 is 1.90 bits per heavy atom. The molecule has 0 aromatic heterocycles. The van der Waals surface area contributed by atoms with Gasteiger partial charge in [-0.25, -0.2) is 10.3 Å². The van der Waals surface area contributed by atoms with Crippen molar-refractivity contribution < 1.29 is 23.9 Å². The molecule has 0 spiro atoms. The lowest BCUT2D eigenvalue weighted by Crippen LogP contribution is -2.58. The molecule has 0 saturated carbocycles. The lowest BCUT2D eigenvalue weighted by molar-refractivity contribution is -0.128. The van der Waals surface area contributed by atoms with Crippen LogP contribution in [0.4, 0.5) is 4.79 Å². The maximum absolute atomic E-state index is 13.4. The van der Waals surface area contributed by atoms with Crippen LogP contribution in [0.15, 0.2) is 29.4 Å². The molecule has 1 aromatic carbocycles. The van der Waals surface area contributed by atoms with Crippen LogP contribution in [0.1, 0.15) is 67.2 Å². The van der Waals surface area contributed by atoms with Crippen LogP contribution in [0.3, 0.4) is 0 Å². The number of ketones is 2. The minimum Gasteiger partial charge on any atom is -0.449 e. The zero-order valence-corrected chi connectivity index (χ0v) is 17.0. The molecule has 2 atom stereocenters. The summed E-state index contributed by atoms with van der Waals surface area (Å²) in [6.45, 7) is 5.67. The van der Waals surface area contributed by atoms with Gasteiger partial charge in [0.1, 0.15) is 6.61 Å². The maximum Gasteiger partial charge on any atom is 0.407 e. The zero-order valence-electron chi connectivity index (χ0n) is 17.0. The molecule has 29 heavy (non-hydrogen) atoms. The van der Waals surface area contributed by atoms with Crippen molar-refractivity contribution in [3.8, 4) is 0 Å². The standard InChI is InChI=1S/C21H27N3O5/c1-4-5-6-11-15(17(26)18-21(2,3)12-29-20(28)23-18)16(25)13-9-7-8-10-14(13)19(27)24-22/h7-10,15,18,22H,4-6,11-12H2,1-3H3,(H,23,28)/t15-,18+/m0/s1. The van der Waals surface area contributed by atoms with Gasteiger partial charge >= 0.3 is 6.09 Å². The summed E-state index contributed by atoms with van der Waals surface area (Å²) in [5, 5.41) is 5.46. The van der Waals surface area contributed by atoms with Gasteiger partial charge in [0.2, 0.25) is 0 Å². The fraction of sp³-hybridized carbons (Fsp3) is 0.524. The number of alkyl carbamates (subject to hydrolysis) is 1. The van der Waals surface area contributed by atoms with Crippen molar-refractivity contribution in [2.75, 3.05) is 6.61 Å². The van der Waals surface area contributed by atoms with Gasteiger partial charge in [-0.15, -0.1) is 5.11 Å². The van der Waals surface area contributed by atoms with Gasteiger partial charge in [-0.05, 0) is 12.5 Å². The van der Waals surface area contributed by atoms with Crippen LogP contribution in [0, 0.1) is 16.9 Å². The lowest BCUT2D eigenvalue weighted by Gasteiger charge is -2.38. The van der Waals surface area contributed by atoms with E-state index >= 15 is 0 Å². The molecule has 1 aromatic rings. The van der Waals surface area contributed by atoms with Gasteiger partial charge in [0, 0.05) is 11.0 Å². The van der Waals surface area contributed by atoms with E-state index < -0.39 is 40.9 Å². The highest BCUT2D eigenvalue weighted by Gasteiger charge is 2.45. The molecule has 8 heteroatoms. The average molecular weight is 401 g/mol. The number of hydrogen-bond acceptors (Lipinski definition) is 6. The third kappa shape index (κ3) is 5.13. The highest BCUT2D eigenvalue weighted by atomic mass is 16.6. The lowest BCUT2D eigenvalue weighted by atomic mass is 9.75. The van der Waals surface area contributed by atoms with Crippen molar-refractivity contribution in [2.24, 2.45) is 16.4 Å². The summed E-state index contributed by atoms with van der Waals surface area (Å²) < 4.78 is 5.00. The summed E-state index contributed by atoms with van der Waals surface area (Å²) in [6.07, 6.45) is 2.06. The van der Waals surface area contributed by atoms with Gasteiger partial charge < -0.3 is 10.1 Å². The second-order valence-corrected chi connectivity index (χ2v) is 7.92. The molecule has 0 radical (unpaired) electrons. The first-order chi connectivity index (χ1) is 13.7. The molecule has 1 aliphatic heterocycles. The zero-order chi connectivity index (χ0) is 21.6. The minimum atomic E-state index is -1.01. The van der Waals surface area contributed by atoms with Crippen LogP contribution >= 0.6 is 0 Å². The monoisotopic (exact) mass is 401 g/mol. The Hall–Kier alpha value is -2.90. The van der Waals surface area contributed by atoms with E-state index in [9.17, 15) is 19.2 Å². The smallest absolute Gasteiger partial charge is 0.407 e. The first kappa shape index (κ1) is 22.4. The second-order valence-electron chi connectivity index (χ2n) is 7.92. The normalized spacial score (nSPS) is 18.9. The SMILES string of the molecule is CCCCC[C@@H](C(=O)c1ccccc1C(=O)N=N)C(=O)[C@H]1NC(=O)OCC1(C)C. The molecular formula is C21H27N3O5. The van der Waals surface area contributed by atoms with E-state index in [1.54, 1.807) is 26.0 Å². The van der Waals surface area contributed by atoms with Crippen LogP contribution in [0.25, 0.3) is 0 Å². The Kier molecular flexibility index (Phi) is 7.36. The predicted octanol–water partition coefficient (Wildman–Crippen LogP) is 3.94. The first-order valence-corrected chi connectivity index (χ1v) is 9.75. The fourth-order valence-electron chi connectivity index (χ4n) is 3.48. The Bertz CT molecular complexity index is 818. The van der Waals surface area contributed by atoms with Crippen molar-refractivity contribution in [3.63, 3.8) is 0 Å². The van der Waals surface area contributed by atoms with Crippen LogP contribution < -0.4 is 5.32 Å². The van der Waals surface area contributed by atoms with Crippen molar-refractivity contribution in [1.82, 2.24) is 5.32 Å². The maximum atomic E-state index is 13.4. The van der Waals surface area contributed by atoms with Crippen molar-refractivity contribution >= 4 is 23.6 Å². The molecule has 2 N–H and O–H groups in total. The van der Waals surface area contributed by atoms with Crippen molar-refractivity contribution in [3.05, 3.63) is 35.4 Å². The number of Topliss-reactive ketones (excluding diaryl/α,β-unsaturated/α-hetero) is 2. The Balaban J connectivity index is 2.41. The molecule has 0 aliphatic carbocycles. The molecule has 2 rings (SSSR count). The number of amides is 2. The van der Waals surface area contributed by atoms with E-state index in [1.165, 1.54) is 12.1 Å². The topological polar surface area (TPSA) is 126 Å². The van der Waals surface area contributed by atoms with E-state index in [1.807, 2.05) is 6.92 Å². The van der Waals surface area contributed by atoms with Crippen LogP contribution in [-0.2, 0) is 9.53 Å². The molecule has 0 bridgehead atoms. The summed E-state index contributed by atoms with van der Waals surface area (Å²) in [4.78, 5) is 50.4. The third-order valence-electron chi connectivity index (χ3n) is 5.18. The van der Waals surface area contributed by atoms with Crippen LogP contribution in [0.2, 0.25) is 0 Å². The van der Waals surface area contributed by atoms with E-state index in [4.69, 9.17) is 10.3 Å². The van der Waals surface area contributed by atoms with E-state index in [0.717, 1.165) is 12.8 Å². The first-order valence-electron chi connectivity index (χ1n) is 9.75. The highest BCUT2D eigenvalue weighted by molar-refractivity contribution is 6.16. The molecule has 1 aliphatic rings. The summed E-state index contributed by atoms with van der Waals surface area (Å²) in [5.74, 6) is -2.73. The molecule has 8 nitrogen and oxygen atoms in total. The largest absolute Gasteiger partial charge is 0.449 e. The molecule has 1 heterocycles. The van der Waals surface area contributed by atoms with Crippen LogP contribution in [0.5, 0.6) is 0 Å². The molecule has 2 amide bonds. The molecule has 1 saturated heterocycles. The summed E-state index contributed by atoms with van der Waals surface area (Å²) in [7, 11) is 0. The third-order valence-corrected chi connectivity index (χ3v) is 5.18. The van der Waals surface area contributed by atoms with Gasteiger partial charge in [-0.2, -0.15) is 0 Å². The van der Waals surface area contributed by atoms with Gasteiger partial charge in [-0.1, -0.05) is 58.2 Å². The van der Waals surface area contributed by atoms with Gasteiger partial charge in [0.25, 0.3) is 5.91 Å². The minimum absolute atomic E-state index is 0.00364. The Morgan fingerprint density at radius 1 is 1.24 bits per heavy atom. The second kappa shape index (κ2) is 9.54. The number of hydrogen-bond donors (Lipinski definition) is 2. The van der Waals surface area contributed by atoms with E-state index in [2.05, 4.69) is 10.4 Å². The highest BCUT2D eigenvalue weighted by Crippen LogP contribution is 2.30. The average Bonchev–Trinajstić information content (AvgIpc) is 2.71. The van der Waals surface area contributed by atoms with Gasteiger partial charge in [0.15, 0.2) is 11.6 Å². The predicted molar refractivity (Wildman–Crippen MR) is 105 cm³/mol. The molecule has 1 fully saturated rings. The number of benzene rings is 1. The quantitative estimate of drug-likeness (QED) is 0.280. The van der Waals surface area contributed by atoms with Gasteiger partial charge in [0.05, 0.1) is 17.5 Å². The van der Waals surface area contributed by atoms with Crippen LogP contribution in [-0.4, -0.2) is 36.2 Å². The van der Waals surface area contributed by atoms with E-state index in [0.29, 0.717) is 12.8 Å². The van der Waals surface area contributed by atoms with E-state index in [-0.39, 0.29) is 17.7 Å². The summed E-state index contributed by atoms with van der Waals surface area (Å²) in [6, 6.07) is 5.19. The number of unbranched alkanes of at least 4 members (excludes halogenated alkanes) is 2. The summed E-state index contributed by atoms with van der Waals surface area (Å²) in [5.41, 5.74) is 6.37. The number of rotatable bonds is 9. The fourth-order valence-corrected chi connectivity index (χ4v) is 3.48. The molecule has 0 unspecified atom stereocenters.